The lowest BCUT2D eigenvalue weighted by molar-refractivity contribution is -0.118. The Balaban J connectivity index is 1.79. The van der Waals surface area contributed by atoms with E-state index in [-0.39, 0.29) is 24.1 Å². The van der Waals surface area contributed by atoms with E-state index in [0.29, 0.717) is 24.1 Å². The first-order valence-electron chi connectivity index (χ1n) is 7.93. The van der Waals surface area contributed by atoms with Crippen molar-refractivity contribution >= 4 is 44.9 Å². The van der Waals surface area contributed by atoms with Crippen molar-refractivity contribution in [3.63, 3.8) is 0 Å². The molecule has 1 N–H and O–H groups in total. The Labute approximate surface area is 154 Å². The fourth-order valence-corrected chi connectivity index (χ4v) is 3.29. The summed E-state index contributed by atoms with van der Waals surface area (Å²) in [5.74, 6) is -0.350. The predicted molar refractivity (Wildman–Crippen MR) is 99.9 cm³/mol. The lowest BCUT2D eigenvalue weighted by atomic mass is 10.00. The first-order chi connectivity index (χ1) is 11.9. The third-order valence-electron chi connectivity index (χ3n) is 4.07. The summed E-state index contributed by atoms with van der Waals surface area (Å²) in [4.78, 5) is 37.5. The third-order valence-corrected chi connectivity index (χ3v) is 4.56. The highest BCUT2D eigenvalue weighted by Gasteiger charge is 2.26. The number of fused-ring (bicyclic) bond motifs is 1. The van der Waals surface area contributed by atoms with Crippen LogP contribution in [0.3, 0.4) is 0 Å². The number of carbonyl (C=O) groups is 3. The first kappa shape index (κ1) is 17.4. The van der Waals surface area contributed by atoms with Gasteiger partial charge in [-0.3, -0.25) is 14.4 Å². The molecule has 128 valence electrons. The highest BCUT2D eigenvalue weighted by Crippen LogP contribution is 2.30. The van der Waals surface area contributed by atoms with Crippen molar-refractivity contribution in [2.45, 2.75) is 19.8 Å². The molecule has 5 nitrogen and oxygen atoms in total. The SMILES string of the molecule is CC(=O)Nc1ccc(C(=O)CN2C(=O)CCc3cc(Br)ccc32)cc1. The maximum absolute atomic E-state index is 12.6. The summed E-state index contributed by atoms with van der Waals surface area (Å²) in [5.41, 5.74) is 2.99. The molecule has 0 unspecified atom stereocenters. The molecule has 1 aliphatic heterocycles. The van der Waals surface area contributed by atoms with Crippen LogP contribution in [-0.4, -0.2) is 24.1 Å². The summed E-state index contributed by atoms with van der Waals surface area (Å²) >= 11 is 3.44. The van der Waals surface area contributed by atoms with Crippen molar-refractivity contribution < 1.29 is 14.4 Å². The van der Waals surface area contributed by atoms with Gasteiger partial charge in [-0.1, -0.05) is 15.9 Å². The Hall–Kier alpha value is -2.47. The zero-order chi connectivity index (χ0) is 18.0. The molecular formula is C19H17BrN2O3. The van der Waals surface area contributed by atoms with Crippen LogP contribution in [0.25, 0.3) is 0 Å². The second kappa shape index (κ2) is 7.19. The summed E-state index contributed by atoms with van der Waals surface area (Å²) in [6.07, 6.45) is 1.09. The van der Waals surface area contributed by atoms with E-state index in [4.69, 9.17) is 0 Å². The molecule has 1 aliphatic rings. The van der Waals surface area contributed by atoms with Crippen molar-refractivity contribution in [3.05, 3.63) is 58.1 Å². The molecule has 0 bridgehead atoms. The number of ketones is 1. The number of hydrogen-bond donors (Lipinski definition) is 1. The topological polar surface area (TPSA) is 66.5 Å². The van der Waals surface area contributed by atoms with Crippen LogP contribution in [0, 0.1) is 0 Å². The van der Waals surface area contributed by atoms with Crippen molar-refractivity contribution in [1.82, 2.24) is 0 Å². The average molecular weight is 401 g/mol. The molecule has 0 fully saturated rings. The number of aryl methyl sites for hydroxylation is 1. The van der Waals surface area contributed by atoms with Gasteiger partial charge in [0.15, 0.2) is 5.78 Å². The van der Waals surface area contributed by atoms with E-state index in [9.17, 15) is 14.4 Å². The highest BCUT2D eigenvalue weighted by atomic mass is 79.9. The minimum atomic E-state index is -0.166. The van der Waals surface area contributed by atoms with Gasteiger partial charge in [-0.15, -0.1) is 0 Å². The van der Waals surface area contributed by atoms with Crippen LogP contribution >= 0.6 is 15.9 Å². The lowest BCUT2D eigenvalue weighted by Crippen LogP contribution is -2.39. The van der Waals surface area contributed by atoms with E-state index in [1.54, 1.807) is 29.2 Å². The van der Waals surface area contributed by atoms with Gasteiger partial charge in [0.25, 0.3) is 0 Å². The molecule has 0 radical (unpaired) electrons. The zero-order valence-electron chi connectivity index (χ0n) is 13.7. The van der Waals surface area contributed by atoms with Gasteiger partial charge < -0.3 is 10.2 Å². The van der Waals surface area contributed by atoms with Crippen LogP contribution in [0.1, 0.15) is 29.3 Å². The molecule has 1 heterocycles. The first-order valence-corrected chi connectivity index (χ1v) is 8.73. The van der Waals surface area contributed by atoms with Crippen LogP contribution in [0.4, 0.5) is 11.4 Å². The molecule has 2 amide bonds. The Bertz CT molecular complexity index is 846. The molecule has 0 aliphatic carbocycles. The second-order valence-corrected chi connectivity index (χ2v) is 6.85. The molecule has 3 rings (SSSR count). The van der Waals surface area contributed by atoms with Crippen LogP contribution in [0.15, 0.2) is 46.9 Å². The third kappa shape index (κ3) is 3.96. The molecule has 25 heavy (non-hydrogen) atoms. The highest BCUT2D eigenvalue weighted by molar-refractivity contribution is 9.10. The van der Waals surface area contributed by atoms with Gasteiger partial charge in [0, 0.05) is 34.8 Å². The van der Waals surface area contributed by atoms with E-state index in [1.807, 2.05) is 18.2 Å². The maximum Gasteiger partial charge on any atom is 0.227 e. The largest absolute Gasteiger partial charge is 0.326 e. The lowest BCUT2D eigenvalue weighted by Gasteiger charge is -2.29. The minimum absolute atomic E-state index is 0.00689. The number of benzene rings is 2. The molecule has 0 aromatic heterocycles. The Morgan fingerprint density at radius 1 is 1.12 bits per heavy atom. The molecule has 0 saturated heterocycles. The summed E-state index contributed by atoms with van der Waals surface area (Å²) in [5, 5.41) is 2.66. The van der Waals surface area contributed by atoms with Gasteiger partial charge in [-0.25, -0.2) is 0 Å². The monoisotopic (exact) mass is 400 g/mol. The maximum atomic E-state index is 12.6. The Morgan fingerprint density at radius 2 is 1.84 bits per heavy atom. The molecule has 0 saturated carbocycles. The van der Waals surface area contributed by atoms with Crippen LogP contribution in [0.2, 0.25) is 0 Å². The van der Waals surface area contributed by atoms with Gasteiger partial charge in [-0.05, 0) is 54.4 Å². The van der Waals surface area contributed by atoms with E-state index >= 15 is 0 Å². The molecule has 0 atom stereocenters. The summed E-state index contributed by atoms with van der Waals surface area (Å²) in [6.45, 7) is 1.43. The number of anilines is 2. The van der Waals surface area contributed by atoms with Crippen molar-refractivity contribution in [3.8, 4) is 0 Å². The van der Waals surface area contributed by atoms with Crippen molar-refractivity contribution in [1.29, 1.82) is 0 Å². The average Bonchev–Trinajstić information content (AvgIpc) is 2.57. The van der Waals surface area contributed by atoms with Gasteiger partial charge in [0.2, 0.25) is 11.8 Å². The van der Waals surface area contributed by atoms with Gasteiger partial charge in [0.1, 0.15) is 0 Å². The van der Waals surface area contributed by atoms with Crippen LogP contribution < -0.4 is 10.2 Å². The molecule has 6 heteroatoms. The smallest absolute Gasteiger partial charge is 0.227 e. The summed E-state index contributed by atoms with van der Waals surface area (Å²) < 4.78 is 0.959. The van der Waals surface area contributed by atoms with Gasteiger partial charge in [0.05, 0.1) is 6.54 Å². The fraction of sp³-hybridized carbons (Fsp3) is 0.211. The van der Waals surface area contributed by atoms with E-state index in [2.05, 4.69) is 21.2 Å². The van der Waals surface area contributed by atoms with Crippen LogP contribution in [0.5, 0.6) is 0 Å². The molecule has 2 aromatic rings. The molecular weight excluding hydrogens is 384 g/mol. The number of Topliss-reactive ketones (excluding diaryl/α,β-unsaturated/α-hetero) is 1. The standard InChI is InChI=1S/C19H17BrN2O3/c1-12(23)21-16-6-2-13(3-7-16)18(24)11-22-17-8-5-15(20)10-14(17)4-9-19(22)25/h2-3,5-8,10H,4,9,11H2,1H3,(H,21,23). The number of halogens is 1. The Kier molecular flexibility index (Phi) is 4.99. The predicted octanol–water partition coefficient (Wildman–Crippen LogP) is 3.57. The van der Waals surface area contributed by atoms with E-state index < -0.39 is 0 Å². The van der Waals surface area contributed by atoms with Gasteiger partial charge >= 0.3 is 0 Å². The minimum Gasteiger partial charge on any atom is -0.326 e. The number of hydrogen-bond acceptors (Lipinski definition) is 3. The zero-order valence-corrected chi connectivity index (χ0v) is 15.3. The second-order valence-electron chi connectivity index (χ2n) is 5.93. The van der Waals surface area contributed by atoms with Gasteiger partial charge in [-0.2, -0.15) is 0 Å². The Morgan fingerprint density at radius 3 is 2.52 bits per heavy atom. The molecule has 2 aromatic carbocycles. The molecule has 0 spiro atoms. The van der Waals surface area contributed by atoms with Crippen molar-refractivity contribution in [2.24, 2.45) is 0 Å². The number of nitrogens with zero attached hydrogens (tertiary/aromatic N) is 1. The number of rotatable bonds is 4. The van der Waals surface area contributed by atoms with Crippen LogP contribution in [-0.2, 0) is 16.0 Å². The quantitative estimate of drug-likeness (QED) is 0.797. The number of amides is 2. The normalized spacial score (nSPS) is 13.4. The van der Waals surface area contributed by atoms with E-state index in [0.717, 1.165) is 15.7 Å². The fourth-order valence-electron chi connectivity index (χ4n) is 2.88. The number of carbonyl (C=O) groups excluding carboxylic acids is 3. The summed E-state index contributed by atoms with van der Waals surface area (Å²) in [6, 6.07) is 12.4. The van der Waals surface area contributed by atoms with E-state index in [1.165, 1.54) is 6.92 Å². The summed E-state index contributed by atoms with van der Waals surface area (Å²) in [7, 11) is 0. The van der Waals surface area contributed by atoms with Crippen molar-refractivity contribution in [2.75, 3.05) is 16.8 Å². The number of nitrogens with one attached hydrogen (secondary N) is 1.